The number of nitrogens with one attached hydrogen (secondary N) is 2. The number of benzene rings is 2. The molecule has 0 bridgehead atoms. The predicted molar refractivity (Wildman–Crippen MR) is 88.4 cm³/mol. The minimum absolute atomic E-state index is 0.305. The third kappa shape index (κ3) is 4.20. The van der Waals surface area contributed by atoms with Crippen molar-refractivity contribution in [3.63, 3.8) is 0 Å². The molecule has 0 saturated heterocycles. The molecule has 0 saturated carbocycles. The molecule has 28 heavy (non-hydrogen) atoms. The molecule has 1 atom stereocenters. The van der Waals surface area contributed by atoms with Gasteiger partial charge in [-0.05, 0) is 35.0 Å². The molecule has 2 aromatic carbocycles. The van der Waals surface area contributed by atoms with E-state index in [9.17, 15) is 13.2 Å². The highest BCUT2D eigenvalue weighted by Gasteiger charge is 2.31. The molecule has 3 aromatic rings. The summed E-state index contributed by atoms with van der Waals surface area (Å²) in [6, 6.07) is 12.4. The second-order valence-corrected chi connectivity index (χ2v) is 5.65. The van der Waals surface area contributed by atoms with Crippen LogP contribution in [0.2, 0.25) is 0 Å². The maximum atomic E-state index is 12.2. The number of hydrogen-bond acceptors (Lipinski definition) is 7. The van der Waals surface area contributed by atoms with E-state index in [0.717, 1.165) is 0 Å². The molecule has 2 N–H and O–H groups in total. The number of H-pyrrole nitrogens is 1. The van der Waals surface area contributed by atoms with Crippen molar-refractivity contribution < 1.29 is 27.5 Å². The first-order valence-corrected chi connectivity index (χ1v) is 7.97. The molecular formula is C17H12F3N5O3. The number of aromatic nitrogens is 4. The quantitative estimate of drug-likeness (QED) is 0.689. The van der Waals surface area contributed by atoms with Crippen molar-refractivity contribution in [3.8, 4) is 22.9 Å². The highest BCUT2D eigenvalue weighted by Crippen LogP contribution is 2.29. The molecule has 144 valence electrons. The van der Waals surface area contributed by atoms with Crippen LogP contribution in [0.25, 0.3) is 11.4 Å². The molecule has 1 aliphatic heterocycles. The molecule has 0 spiro atoms. The third-order valence-electron chi connectivity index (χ3n) is 3.70. The van der Waals surface area contributed by atoms with E-state index in [1.165, 1.54) is 24.3 Å². The van der Waals surface area contributed by atoms with Crippen molar-refractivity contribution in [3.05, 3.63) is 66.1 Å². The van der Waals surface area contributed by atoms with Gasteiger partial charge in [-0.2, -0.15) is 5.21 Å². The Morgan fingerprint density at radius 2 is 1.86 bits per heavy atom. The van der Waals surface area contributed by atoms with E-state index < -0.39 is 12.5 Å². The van der Waals surface area contributed by atoms with Gasteiger partial charge in [0.1, 0.15) is 17.6 Å². The Kier molecular flexibility index (Phi) is 4.57. The maximum absolute atomic E-state index is 12.2. The van der Waals surface area contributed by atoms with Crippen molar-refractivity contribution in [2.75, 3.05) is 0 Å². The molecular weight excluding hydrogens is 379 g/mol. The zero-order valence-electron chi connectivity index (χ0n) is 14.0. The molecule has 1 aromatic heterocycles. The van der Waals surface area contributed by atoms with Crippen molar-refractivity contribution in [2.45, 2.75) is 12.5 Å². The number of alkyl halides is 3. The summed E-state index contributed by atoms with van der Waals surface area (Å²) in [5.74, 6) is 0.972. The van der Waals surface area contributed by atoms with Gasteiger partial charge >= 0.3 is 6.36 Å². The van der Waals surface area contributed by atoms with Crippen molar-refractivity contribution in [2.24, 2.45) is 0 Å². The zero-order chi connectivity index (χ0) is 19.6. The van der Waals surface area contributed by atoms with Crippen LogP contribution < -0.4 is 15.0 Å². The lowest BCUT2D eigenvalue weighted by Gasteiger charge is -2.11. The lowest BCUT2D eigenvalue weighted by atomic mass is 10.1. The third-order valence-corrected chi connectivity index (χ3v) is 3.70. The van der Waals surface area contributed by atoms with Gasteiger partial charge in [-0.25, -0.2) is 5.48 Å². The summed E-state index contributed by atoms with van der Waals surface area (Å²) in [5, 5.41) is 13.7. The van der Waals surface area contributed by atoms with E-state index >= 15 is 0 Å². The van der Waals surface area contributed by atoms with Gasteiger partial charge in [-0.15, -0.1) is 23.4 Å². The molecule has 0 fully saturated rings. The second kappa shape index (κ2) is 7.19. The molecule has 1 aliphatic rings. The van der Waals surface area contributed by atoms with Gasteiger partial charge in [0.05, 0.1) is 0 Å². The van der Waals surface area contributed by atoms with E-state index in [2.05, 4.69) is 30.8 Å². The van der Waals surface area contributed by atoms with E-state index in [1.807, 2.05) is 0 Å². The Balaban J connectivity index is 1.44. The van der Waals surface area contributed by atoms with Gasteiger partial charge < -0.3 is 9.47 Å². The first-order valence-electron chi connectivity index (χ1n) is 7.97. The zero-order valence-corrected chi connectivity index (χ0v) is 14.0. The summed E-state index contributed by atoms with van der Waals surface area (Å²) < 4.78 is 46.2. The van der Waals surface area contributed by atoms with Gasteiger partial charge in [0.15, 0.2) is 0 Å². The number of hydroxylamine groups is 1. The van der Waals surface area contributed by atoms with Crippen LogP contribution in [0.1, 0.15) is 11.7 Å². The fourth-order valence-corrected chi connectivity index (χ4v) is 2.52. The fraction of sp³-hybridized carbons (Fsp3) is 0.118. The molecule has 0 aliphatic carbocycles. The summed E-state index contributed by atoms with van der Waals surface area (Å²) in [4.78, 5) is 5.40. The molecule has 0 radical (unpaired) electrons. The average molecular weight is 391 g/mol. The lowest BCUT2D eigenvalue weighted by molar-refractivity contribution is -0.274. The summed E-state index contributed by atoms with van der Waals surface area (Å²) in [5.41, 5.74) is 3.98. The van der Waals surface area contributed by atoms with Crippen LogP contribution in [0.3, 0.4) is 0 Å². The minimum Gasteiger partial charge on any atom is -0.439 e. The highest BCUT2D eigenvalue weighted by atomic mass is 19.4. The van der Waals surface area contributed by atoms with Crippen molar-refractivity contribution in [1.29, 1.82) is 0 Å². The summed E-state index contributed by atoms with van der Waals surface area (Å²) >= 11 is 0. The van der Waals surface area contributed by atoms with Crippen LogP contribution in [0.15, 0.2) is 60.5 Å². The number of tetrazole rings is 1. The number of aromatic amines is 1. The first kappa shape index (κ1) is 17.8. The van der Waals surface area contributed by atoms with E-state index in [4.69, 9.17) is 9.57 Å². The monoisotopic (exact) mass is 391 g/mol. The minimum atomic E-state index is -4.73. The molecule has 11 heteroatoms. The molecule has 0 amide bonds. The summed E-state index contributed by atoms with van der Waals surface area (Å²) in [7, 11) is 0. The molecule has 4 rings (SSSR count). The Morgan fingerprint density at radius 1 is 1.04 bits per heavy atom. The lowest BCUT2D eigenvalue weighted by Crippen LogP contribution is -2.17. The highest BCUT2D eigenvalue weighted by molar-refractivity contribution is 5.56. The Bertz CT molecular complexity index is 974. The number of halogens is 3. The van der Waals surface area contributed by atoms with Crippen LogP contribution in [-0.2, 0) is 4.84 Å². The SMILES string of the molecule is FC(F)(F)Oc1ccc([C@@H]2C=C(Oc3cccc(-c4nn[nH]n4)c3)NO2)cc1. The van der Waals surface area contributed by atoms with E-state index in [-0.39, 0.29) is 5.75 Å². The van der Waals surface area contributed by atoms with Crippen molar-refractivity contribution >= 4 is 0 Å². The maximum Gasteiger partial charge on any atom is 0.573 e. The van der Waals surface area contributed by atoms with Crippen molar-refractivity contribution in [1.82, 2.24) is 26.1 Å². The smallest absolute Gasteiger partial charge is 0.439 e. The normalized spacial score (nSPS) is 16.4. The van der Waals surface area contributed by atoms with Gasteiger partial charge in [0.2, 0.25) is 11.7 Å². The first-order chi connectivity index (χ1) is 13.5. The number of ether oxygens (including phenoxy) is 2. The summed E-state index contributed by atoms with van der Waals surface area (Å²) in [6.07, 6.45) is -3.61. The van der Waals surface area contributed by atoms with Crippen LogP contribution in [0, 0.1) is 0 Å². The Hall–Kier alpha value is -3.60. The van der Waals surface area contributed by atoms with Gasteiger partial charge in [-0.3, -0.25) is 4.84 Å². The average Bonchev–Trinajstić information content (AvgIpc) is 3.33. The number of hydrogen-bond donors (Lipinski definition) is 2. The largest absolute Gasteiger partial charge is 0.573 e. The van der Waals surface area contributed by atoms with Crippen LogP contribution in [0.5, 0.6) is 11.5 Å². The van der Waals surface area contributed by atoms with Crippen LogP contribution in [-0.4, -0.2) is 27.0 Å². The number of nitrogens with zero attached hydrogens (tertiary/aromatic N) is 3. The molecule has 2 heterocycles. The van der Waals surface area contributed by atoms with Gasteiger partial charge in [0, 0.05) is 11.6 Å². The van der Waals surface area contributed by atoms with E-state index in [0.29, 0.717) is 28.6 Å². The summed E-state index contributed by atoms with van der Waals surface area (Å²) in [6.45, 7) is 0. The topological polar surface area (TPSA) is 94.2 Å². The standard InChI is InChI=1S/C17H12F3N5O3/c18-17(19,20)27-12-6-4-10(5-7-12)14-9-15(23-28-14)26-13-3-1-2-11(8-13)16-21-24-25-22-16/h1-9,14,23H,(H,21,22,24,25)/t14-/m0/s1. The van der Waals surface area contributed by atoms with Crippen LogP contribution in [0.4, 0.5) is 13.2 Å². The predicted octanol–water partition coefficient (Wildman–Crippen LogP) is 3.26. The Morgan fingerprint density at radius 3 is 2.57 bits per heavy atom. The van der Waals surface area contributed by atoms with Crippen LogP contribution >= 0.6 is 0 Å². The van der Waals surface area contributed by atoms with E-state index in [1.54, 1.807) is 30.3 Å². The fourth-order valence-electron chi connectivity index (χ4n) is 2.52. The van der Waals surface area contributed by atoms with Gasteiger partial charge in [0.25, 0.3) is 0 Å². The van der Waals surface area contributed by atoms with Gasteiger partial charge in [-0.1, -0.05) is 24.3 Å². The number of rotatable bonds is 5. The second-order valence-electron chi connectivity index (χ2n) is 5.65. The Labute approximate surface area is 155 Å². The molecule has 8 nitrogen and oxygen atoms in total. The molecule has 0 unspecified atom stereocenters.